The third kappa shape index (κ3) is 3.36. The number of rotatable bonds is 8. The highest BCUT2D eigenvalue weighted by atomic mass is 15.0. The van der Waals surface area contributed by atoms with Crippen LogP contribution in [-0.2, 0) is 0 Å². The van der Waals surface area contributed by atoms with Crippen molar-refractivity contribution in [3.8, 4) is 0 Å². The molecule has 0 aliphatic heterocycles. The topological polar surface area (TPSA) is 12.9 Å². The van der Waals surface area contributed by atoms with Crippen LogP contribution in [0.2, 0.25) is 0 Å². The van der Waals surface area contributed by atoms with Crippen LogP contribution in [0.15, 0.2) is 60.4 Å². The molecular formula is C39H53N. The van der Waals surface area contributed by atoms with Gasteiger partial charge in [-0.2, -0.15) is 0 Å². The van der Waals surface area contributed by atoms with E-state index in [4.69, 9.17) is 11.6 Å². The Kier molecular flexibility index (Phi) is 6.10. The molecule has 0 radical (unpaired) electrons. The second kappa shape index (κ2) is 9.05. The van der Waals surface area contributed by atoms with E-state index in [9.17, 15) is 0 Å². The van der Waals surface area contributed by atoms with Gasteiger partial charge in [-0.15, -0.1) is 6.58 Å². The van der Waals surface area contributed by atoms with E-state index in [1.54, 1.807) is 11.1 Å². The predicted octanol–water partition coefficient (Wildman–Crippen LogP) is 10.4. The number of fused-ring (bicyclic) bond motifs is 6. The molecule has 0 amide bonds. The standard InChI is InChI=1S/C39H53N/c1-9-11-27(18-25(5)24(4)10-2)19-28-13-14-31-30-21-34-36-33-20-29(35-15-12-23(3)22-40-35)26(6)38(8,39(33,34)36)32(30)16-17-37(28,31)7/h9,12,15,20,22,27-28,30-34,36H,1,6,10-11,13-14,16-19,21H2,2-5,7-8H3/b25-24+. The average Bonchev–Trinajstić information content (AvgIpc) is 3.78. The maximum Gasteiger partial charge on any atom is 0.0701 e. The lowest BCUT2D eigenvalue weighted by Crippen LogP contribution is -2.54. The zero-order valence-corrected chi connectivity index (χ0v) is 26.2. The molecule has 40 heavy (non-hydrogen) atoms. The lowest BCUT2D eigenvalue weighted by Gasteiger charge is -2.60. The normalized spacial score (nSPS) is 45.3. The van der Waals surface area contributed by atoms with Crippen molar-refractivity contribution in [2.75, 3.05) is 0 Å². The van der Waals surface area contributed by atoms with Crippen molar-refractivity contribution in [1.29, 1.82) is 0 Å². The summed E-state index contributed by atoms with van der Waals surface area (Å²) in [4.78, 5) is 4.90. The quantitative estimate of drug-likeness (QED) is 0.302. The lowest BCUT2D eigenvalue weighted by atomic mass is 9.43. The summed E-state index contributed by atoms with van der Waals surface area (Å²) in [6.07, 6.45) is 19.1. The maximum absolute atomic E-state index is 4.93. The van der Waals surface area contributed by atoms with E-state index in [-0.39, 0.29) is 5.41 Å². The van der Waals surface area contributed by atoms with E-state index in [0.29, 0.717) is 10.8 Å². The fourth-order valence-electron chi connectivity index (χ4n) is 12.2. The predicted molar refractivity (Wildman–Crippen MR) is 168 cm³/mol. The van der Waals surface area contributed by atoms with E-state index in [0.717, 1.165) is 53.0 Å². The first kappa shape index (κ1) is 27.0. The molecule has 0 bridgehead atoms. The minimum Gasteiger partial charge on any atom is -0.256 e. The molecule has 0 N–H and O–H groups in total. The fourth-order valence-corrected chi connectivity index (χ4v) is 12.2. The molecule has 1 spiro atoms. The van der Waals surface area contributed by atoms with Gasteiger partial charge in [0.25, 0.3) is 0 Å². The number of aromatic nitrogens is 1. The van der Waals surface area contributed by atoms with Crippen molar-refractivity contribution in [2.45, 2.75) is 99.3 Å². The molecule has 1 aromatic rings. The molecule has 11 unspecified atom stereocenters. The van der Waals surface area contributed by atoms with Gasteiger partial charge in [0, 0.05) is 11.6 Å². The smallest absolute Gasteiger partial charge is 0.0701 e. The number of allylic oxidation sites excluding steroid dienone is 6. The zero-order valence-electron chi connectivity index (χ0n) is 26.2. The molecule has 6 aliphatic carbocycles. The van der Waals surface area contributed by atoms with E-state index in [1.165, 1.54) is 74.5 Å². The summed E-state index contributed by atoms with van der Waals surface area (Å²) in [7, 11) is 0. The molecule has 5 fully saturated rings. The Morgan fingerprint density at radius 3 is 2.60 bits per heavy atom. The van der Waals surface area contributed by atoms with Gasteiger partial charge in [-0.1, -0.05) is 56.7 Å². The van der Waals surface area contributed by atoms with Crippen molar-refractivity contribution in [2.24, 2.45) is 63.6 Å². The summed E-state index contributed by atoms with van der Waals surface area (Å²) in [5.74, 6) is 6.92. The number of nitrogens with zero attached hydrogens (tertiary/aromatic N) is 1. The highest BCUT2D eigenvalue weighted by molar-refractivity contribution is 5.83. The van der Waals surface area contributed by atoms with Crippen LogP contribution in [0.25, 0.3) is 5.57 Å². The van der Waals surface area contributed by atoms with Crippen LogP contribution < -0.4 is 0 Å². The van der Waals surface area contributed by atoms with Gasteiger partial charge in [0.2, 0.25) is 0 Å². The van der Waals surface area contributed by atoms with Gasteiger partial charge in [-0.3, -0.25) is 4.98 Å². The molecule has 1 heteroatoms. The minimum atomic E-state index is 0.261. The van der Waals surface area contributed by atoms with E-state index < -0.39 is 0 Å². The number of aryl methyl sites for hydroxylation is 1. The molecule has 214 valence electrons. The molecule has 1 nitrogen and oxygen atoms in total. The summed E-state index contributed by atoms with van der Waals surface area (Å²) in [6.45, 7) is 23.7. The van der Waals surface area contributed by atoms with E-state index >= 15 is 0 Å². The maximum atomic E-state index is 4.93. The first-order valence-corrected chi connectivity index (χ1v) is 16.7. The monoisotopic (exact) mass is 535 g/mol. The average molecular weight is 536 g/mol. The Labute approximate surface area is 244 Å². The van der Waals surface area contributed by atoms with Crippen LogP contribution in [0.1, 0.15) is 104 Å². The van der Waals surface area contributed by atoms with Crippen molar-refractivity contribution in [3.05, 3.63) is 71.6 Å². The van der Waals surface area contributed by atoms with Crippen molar-refractivity contribution in [3.63, 3.8) is 0 Å². The first-order chi connectivity index (χ1) is 19.1. The Hall–Kier alpha value is -1.89. The fraction of sp³-hybridized carbons (Fsp3) is 0.667. The first-order valence-electron chi connectivity index (χ1n) is 16.7. The summed E-state index contributed by atoms with van der Waals surface area (Å²) in [5, 5.41) is 0. The van der Waals surface area contributed by atoms with E-state index in [2.05, 4.69) is 72.4 Å². The second-order valence-corrected chi connectivity index (χ2v) is 15.7. The number of hydrogen-bond acceptors (Lipinski definition) is 1. The molecule has 5 saturated carbocycles. The molecule has 6 aliphatic rings. The minimum absolute atomic E-state index is 0.261. The van der Waals surface area contributed by atoms with Crippen LogP contribution in [0.4, 0.5) is 0 Å². The lowest BCUT2D eigenvalue weighted by molar-refractivity contribution is -0.0853. The van der Waals surface area contributed by atoms with Crippen molar-refractivity contribution in [1.82, 2.24) is 4.98 Å². The molecule has 1 aromatic heterocycles. The highest BCUT2D eigenvalue weighted by Gasteiger charge is 2.94. The summed E-state index contributed by atoms with van der Waals surface area (Å²) in [6, 6.07) is 4.48. The summed E-state index contributed by atoms with van der Waals surface area (Å²) >= 11 is 0. The van der Waals surface area contributed by atoms with Crippen LogP contribution >= 0.6 is 0 Å². The summed E-state index contributed by atoms with van der Waals surface area (Å²) in [5.41, 5.74) is 9.80. The molecule has 0 saturated heterocycles. The Bertz CT molecular complexity index is 1290. The molecule has 7 rings (SSSR count). The SMILES string of the molecule is C=CCC(C/C(C)=C(\C)CC)CC1CCC2C3CC4C5C6C=C(c7ccc(C)cn7)C(=C)C(C)(C3CCC12C)C645. The largest absolute Gasteiger partial charge is 0.256 e. The molecule has 11 atom stereocenters. The third-order valence-corrected chi connectivity index (χ3v) is 14.6. The van der Waals surface area contributed by atoms with Gasteiger partial charge in [0.1, 0.15) is 0 Å². The molecule has 1 heterocycles. The van der Waals surface area contributed by atoms with Crippen molar-refractivity contribution >= 4 is 5.57 Å². The molecular weight excluding hydrogens is 482 g/mol. The van der Waals surface area contributed by atoms with Crippen molar-refractivity contribution < 1.29 is 0 Å². The van der Waals surface area contributed by atoms with Crippen LogP contribution in [0, 0.1) is 70.5 Å². The highest BCUT2D eigenvalue weighted by Crippen LogP contribution is 2.98. The Morgan fingerprint density at radius 1 is 1.10 bits per heavy atom. The van der Waals surface area contributed by atoms with Gasteiger partial charge >= 0.3 is 0 Å². The summed E-state index contributed by atoms with van der Waals surface area (Å²) < 4.78 is 0. The van der Waals surface area contributed by atoms with Gasteiger partial charge in [0.05, 0.1) is 5.69 Å². The third-order valence-electron chi connectivity index (χ3n) is 14.6. The Balaban J connectivity index is 1.15. The van der Waals surface area contributed by atoms with Gasteiger partial charge in [-0.25, -0.2) is 0 Å². The molecule has 0 aromatic carbocycles. The van der Waals surface area contributed by atoms with Gasteiger partial charge < -0.3 is 0 Å². The number of pyridine rings is 1. The van der Waals surface area contributed by atoms with Crippen LogP contribution in [0.3, 0.4) is 0 Å². The van der Waals surface area contributed by atoms with Gasteiger partial charge in [-0.05, 0) is 160 Å². The second-order valence-electron chi connectivity index (χ2n) is 15.7. The van der Waals surface area contributed by atoms with Crippen LogP contribution in [-0.4, -0.2) is 4.98 Å². The van der Waals surface area contributed by atoms with Gasteiger partial charge in [0.15, 0.2) is 0 Å². The van der Waals surface area contributed by atoms with Crippen LogP contribution in [0.5, 0.6) is 0 Å². The van der Waals surface area contributed by atoms with E-state index in [1.807, 2.05) is 6.20 Å². The number of hydrogen-bond donors (Lipinski definition) is 0. The Morgan fingerprint density at radius 2 is 1.90 bits per heavy atom. The zero-order chi connectivity index (χ0) is 28.2.